The Bertz CT molecular complexity index is 1590. The van der Waals surface area contributed by atoms with Crippen LogP contribution in [0.5, 0.6) is 0 Å². The molecule has 1 aliphatic rings. The maximum absolute atomic E-state index is 13.5. The Labute approximate surface area is 234 Å². The standard InChI is InChI=1S/C28H31N9O4/c29-14-17-3-7-20(8-4-17)25(38)32-23(27(40)31-21-11-9-19(10-12-21)24-34-36-37-35-24)13-16-1-5-18(6-2-16)22-15-30-28(41)33-26(22)39/h1-2,5-6,9-12,15,17,20,23H,3-4,7-8,13-14,29H2,(H,31,40)(H,32,38)(H2,30,33,39,41)(H,34,35,36,37)/t17?,20?,23-/m0/s1. The zero-order valence-electron chi connectivity index (χ0n) is 22.2. The number of tetrazole rings is 1. The van der Waals surface area contributed by atoms with Crippen molar-refractivity contribution in [2.75, 3.05) is 11.9 Å². The molecule has 212 valence electrons. The van der Waals surface area contributed by atoms with Gasteiger partial charge in [-0.05, 0) is 78.8 Å². The number of carbonyl (C=O) groups excluding carboxylic acids is 2. The minimum Gasteiger partial charge on any atom is -0.344 e. The molecule has 1 aliphatic carbocycles. The molecule has 1 atom stereocenters. The van der Waals surface area contributed by atoms with Crippen LogP contribution in [0, 0.1) is 11.8 Å². The molecule has 0 radical (unpaired) electrons. The Kier molecular flexibility index (Phi) is 8.44. The van der Waals surface area contributed by atoms with Gasteiger partial charge in [0.05, 0.1) is 5.56 Å². The highest BCUT2D eigenvalue weighted by Gasteiger charge is 2.29. The largest absolute Gasteiger partial charge is 0.344 e. The number of nitrogens with two attached hydrogens (primary N) is 1. The molecule has 2 heterocycles. The summed E-state index contributed by atoms with van der Waals surface area (Å²) in [5, 5.41) is 19.7. The van der Waals surface area contributed by atoms with Gasteiger partial charge in [0.15, 0.2) is 0 Å². The molecule has 2 amide bonds. The molecule has 2 aromatic carbocycles. The highest BCUT2D eigenvalue weighted by molar-refractivity contribution is 5.97. The summed E-state index contributed by atoms with van der Waals surface area (Å²) in [6, 6.07) is 13.2. The highest BCUT2D eigenvalue weighted by atomic mass is 16.2. The van der Waals surface area contributed by atoms with Gasteiger partial charge < -0.3 is 21.4 Å². The molecule has 5 rings (SSSR count). The van der Waals surface area contributed by atoms with Crippen LogP contribution in [0.2, 0.25) is 0 Å². The van der Waals surface area contributed by atoms with Crippen LogP contribution < -0.4 is 27.6 Å². The number of hydrogen-bond acceptors (Lipinski definition) is 8. The lowest BCUT2D eigenvalue weighted by atomic mass is 9.81. The molecule has 13 heteroatoms. The Morgan fingerprint density at radius 2 is 1.68 bits per heavy atom. The molecule has 0 unspecified atom stereocenters. The first-order valence-corrected chi connectivity index (χ1v) is 13.5. The van der Waals surface area contributed by atoms with Crippen LogP contribution in [0.15, 0.2) is 64.3 Å². The lowest BCUT2D eigenvalue weighted by molar-refractivity contribution is -0.130. The van der Waals surface area contributed by atoms with Crippen molar-refractivity contribution in [3.63, 3.8) is 0 Å². The number of H-pyrrole nitrogens is 3. The predicted molar refractivity (Wildman–Crippen MR) is 151 cm³/mol. The van der Waals surface area contributed by atoms with Crippen molar-refractivity contribution in [3.8, 4) is 22.5 Å². The fourth-order valence-corrected chi connectivity index (χ4v) is 5.06. The zero-order valence-corrected chi connectivity index (χ0v) is 22.2. The number of carbonyl (C=O) groups is 2. The number of nitrogens with zero attached hydrogens (tertiary/aromatic N) is 3. The number of anilines is 1. The normalized spacial score (nSPS) is 17.5. The first-order valence-electron chi connectivity index (χ1n) is 13.5. The first kappa shape index (κ1) is 27.6. The SMILES string of the molecule is NCC1CCC(C(=O)N[C@@H](Cc2ccc(-c3c[nH]c(=O)[nH]c3=O)cc2)C(=O)Nc2ccc(-c3nn[nH]n3)cc2)CC1. The van der Waals surface area contributed by atoms with Gasteiger partial charge in [-0.2, -0.15) is 5.21 Å². The topological polar surface area (TPSA) is 204 Å². The summed E-state index contributed by atoms with van der Waals surface area (Å²) in [5.74, 6) is 0.190. The summed E-state index contributed by atoms with van der Waals surface area (Å²) < 4.78 is 0. The minimum atomic E-state index is -0.839. The second kappa shape index (κ2) is 12.5. The second-order valence-electron chi connectivity index (χ2n) is 10.2. The smallest absolute Gasteiger partial charge is 0.325 e. The lowest BCUT2D eigenvalue weighted by Crippen LogP contribution is -2.48. The van der Waals surface area contributed by atoms with Gasteiger partial charge in [-0.15, -0.1) is 10.2 Å². The van der Waals surface area contributed by atoms with Crippen LogP contribution in [0.3, 0.4) is 0 Å². The maximum Gasteiger partial charge on any atom is 0.325 e. The molecule has 2 aromatic heterocycles. The van der Waals surface area contributed by atoms with Crippen LogP contribution in [0.25, 0.3) is 22.5 Å². The first-order chi connectivity index (χ1) is 19.9. The van der Waals surface area contributed by atoms with Gasteiger partial charge in [0.1, 0.15) is 6.04 Å². The highest BCUT2D eigenvalue weighted by Crippen LogP contribution is 2.28. The van der Waals surface area contributed by atoms with E-state index in [0.717, 1.165) is 36.8 Å². The Hall–Kier alpha value is -4.91. The number of benzene rings is 2. The van der Waals surface area contributed by atoms with E-state index in [4.69, 9.17) is 5.73 Å². The number of nitrogens with one attached hydrogen (secondary N) is 5. The van der Waals surface area contributed by atoms with E-state index in [2.05, 4.69) is 41.2 Å². The van der Waals surface area contributed by atoms with Gasteiger partial charge in [0, 0.05) is 29.8 Å². The second-order valence-corrected chi connectivity index (χ2v) is 10.2. The quantitative estimate of drug-likeness (QED) is 0.177. The van der Waals surface area contributed by atoms with Gasteiger partial charge in [0.2, 0.25) is 17.6 Å². The molecular weight excluding hydrogens is 526 g/mol. The van der Waals surface area contributed by atoms with Crippen molar-refractivity contribution in [2.24, 2.45) is 17.6 Å². The van der Waals surface area contributed by atoms with Gasteiger partial charge in [-0.25, -0.2) is 4.79 Å². The number of aromatic nitrogens is 6. The van der Waals surface area contributed by atoms with Crippen LogP contribution in [0.4, 0.5) is 5.69 Å². The summed E-state index contributed by atoms with van der Waals surface area (Å²) >= 11 is 0. The van der Waals surface area contributed by atoms with Gasteiger partial charge in [-0.3, -0.25) is 19.4 Å². The van der Waals surface area contributed by atoms with E-state index in [1.807, 2.05) is 0 Å². The molecule has 4 aromatic rings. The van der Waals surface area contributed by atoms with E-state index in [0.29, 0.717) is 35.1 Å². The minimum absolute atomic E-state index is 0.149. The van der Waals surface area contributed by atoms with Gasteiger partial charge in [0.25, 0.3) is 5.56 Å². The predicted octanol–water partition coefficient (Wildman–Crippen LogP) is 1.34. The van der Waals surface area contributed by atoms with Crippen LogP contribution >= 0.6 is 0 Å². The van der Waals surface area contributed by atoms with E-state index in [1.54, 1.807) is 48.5 Å². The average molecular weight is 558 g/mol. The number of amides is 2. The summed E-state index contributed by atoms with van der Waals surface area (Å²) in [5.41, 5.74) is 7.72. The Morgan fingerprint density at radius 1 is 0.976 bits per heavy atom. The van der Waals surface area contributed by atoms with Gasteiger partial charge in [-0.1, -0.05) is 24.3 Å². The van der Waals surface area contributed by atoms with Crippen molar-refractivity contribution < 1.29 is 9.59 Å². The number of aromatic amines is 3. The van der Waals surface area contributed by atoms with Gasteiger partial charge >= 0.3 is 5.69 Å². The Balaban J connectivity index is 1.31. The molecule has 1 saturated carbocycles. The fourth-order valence-electron chi connectivity index (χ4n) is 5.06. The van der Waals surface area contributed by atoms with Crippen molar-refractivity contribution in [1.29, 1.82) is 0 Å². The molecule has 41 heavy (non-hydrogen) atoms. The Morgan fingerprint density at radius 3 is 2.32 bits per heavy atom. The van der Waals surface area contributed by atoms with Crippen molar-refractivity contribution in [3.05, 3.63) is 81.1 Å². The maximum atomic E-state index is 13.5. The lowest BCUT2D eigenvalue weighted by Gasteiger charge is -2.28. The van der Waals surface area contributed by atoms with Crippen LogP contribution in [-0.2, 0) is 16.0 Å². The molecule has 1 fully saturated rings. The van der Waals surface area contributed by atoms with Crippen LogP contribution in [-0.4, -0.2) is 55.0 Å². The van der Waals surface area contributed by atoms with Crippen LogP contribution in [0.1, 0.15) is 31.2 Å². The average Bonchev–Trinajstić information content (AvgIpc) is 3.53. The van der Waals surface area contributed by atoms with E-state index < -0.39 is 17.3 Å². The third kappa shape index (κ3) is 6.81. The fraction of sp³-hybridized carbons (Fsp3) is 0.321. The van der Waals surface area contributed by atoms with E-state index in [1.165, 1.54) is 6.20 Å². The summed E-state index contributed by atoms with van der Waals surface area (Å²) in [6.07, 6.45) is 4.85. The molecule has 0 bridgehead atoms. The number of hydrogen-bond donors (Lipinski definition) is 6. The third-order valence-electron chi connectivity index (χ3n) is 7.46. The zero-order chi connectivity index (χ0) is 28.8. The van der Waals surface area contributed by atoms with Crippen molar-refractivity contribution in [1.82, 2.24) is 35.9 Å². The number of rotatable bonds is 9. The monoisotopic (exact) mass is 557 g/mol. The van der Waals surface area contributed by atoms with E-state index in [9.17, 15) is 19.2 Å². The van der Waals surface area contributed by atoms with Crippen molar-refractivity contribution >= 4 is 17.5 Å². The summed E-state index contributed by atoms with van der Waals surface area (Å²) in [6.45, 7) is 0.617. The van der Waals surface area contributed by atoms with E-state index in [-0.39, 0.29) is 24.2 Å². The van der Waals surface area contributed by atoms with Crippen molar-refractivity contribution in [2.45, 2.75) is 38.1 Å². The molecular formula is C28H31N9O4. The molecule has 13 nitrogen and oxygen atoms in total. The molecule has 0 aliphatic heterocycles. The summed E-state index contributed by atoms with van der Waals surface area (Å²) in [7, 11) is 0. The van der Waals surface area contributed by atoms with E-state index >= 15 is 0 Å². The molecule has 0 spiro atoms. The summed E-state index contributed by atoms with van der Waals surface area (Å²) in [4.78, 5) is 54.9. The third-order valence-corrected chi connectivity index (χ3v) is 7.46. The molecule has 0 saturated heterocycles. The molecule has 7 N–H and O–H groups in total.